The van der Waals surface area contributed by atoms with Gasteiger partial charge >= 0.3 is 0 Å². The molecule has 5 nitrogen and oxygen atoms in total. The lowest BCUT2D eigenvalue weighted by Crippen LogP contribution is -2.24. The van der Waals surface area contributed by atoms with Gasteiger partial charge < -0.3 is 9.42 Å². The van der Waals surface area contributed by atoms with Gasteiger partial charge in [-0.05, 0) is 25.8 Å². The van der Waals surface area contributed by atoms with Gasteiger partial charge in [-0.3, -0.25) is 0 Å². The molecular weight excluding hydrogens is 216 g/mol. The van der Waals surface area contributed by atoms with E-state index in [1.54, 1.807) is 12.4 Å². The molecule has 0 spiro atoms. The van der Waals surface area contributed by atoms with E-state index in [4.69, 9.17) is 4.52 Å². The maximum absolute atomic E-state index is 5.14. The Kier molecular flexibility index (Phi) is 2.51. The summed E-state index contributed by atoms with van der Waals surface area (Å²) in [6.07, 6.45) is 5.75. The molecule has 5 heteroatoms. The molecule has 0 aromatic carbocycles. The monoisotopic (exact) mass is 230 g/mol. The third-order valence-electron chi connectivity index (χ3n) is 3.05. The smallest absolute Gasteiger partial charge is 0.225 e. The zero-order valence-corrected chi connectivity index (χ0v) is 9.71. The molecule has 1 aliphatic heterocycles. The molecule has 1 aliphatic rings. The van der Waals surface area contributed by atoms with Crippen LogP contribution in [0.4, 0.5) is 5.95 Å². The van der Waals surface area contributed by atoms with E-state index in [1.807, 2.05) is 19.1 Å². The van der Waals surface area contributed by atoms with Crippen molar-refractivity contribution in [3.8, 4) is 0 Å². The standard InChI is InChI=1S/C12H14N4O/c1-9-8-10(15-17-9)11-4-2-7-16(11)12-13-5-3-6-14-12/h3,5-6,8,11H,2,4,7H2,1H3. The van der Waals surface area contributed by atoms with Crippen molar-refractivity contribution in [3.63, 3.8) is 0 Å². The second kappa shape index (κ2) is 4.16. The fourth-order valence-corrected chi connectivity index (χ4v) is 2.30. The third-order valence-corrected chi connectivity index (χ3v) is 3.05. The molecule has 1 saturated heterocycles. The van der Waals surface area contributed by atoms with Crippen LogP contribution in [0.25, 0.3) is 0 Å². The van der Waals surface area contributed by atoms with E-state index in [9.17, 15) is 0 Å². The molecule has 0 radical (unpaired) electrons. The van der Waals surface area contributed by atoms with Gasteiger partial charge in [0.2, 0.25) is 5.95 Å². The predicted molar refractivity (Wildman–Crippen MR) is 62.6 cm³/mol. The number of hydrogen-bond acceptors (Lipinski definition) is 5. The van der Waals surface area contributed by atoms with Gasteiger partial charge in [-0.1, -0.05) is 5.16 Å². The van der Waals surface area contributed by atoms with E-state index in [0.717, 1.165) is 36.8 Å². The number of aromatic nitrogens is 3. The van der Waals surface area contributed by atoms with Crippen molar-refractivity contribution >= 4 is 5.95 Å². The SMILES string of the molecule is Cc1cc(C2CCCN2c2ncccn2)no1. The summed E-state index contributed by atoms with van der Waals surface area (Å²) in [4.78, 5) is 10.8. The van der Waals surface area contributed by atoms with Gasteiger partial charge in [0.05, 0.1) is 6.04 Å². The lowest BCUT2D eigenvalue weighted by atomic mass is 10.1. The second-order valence-corrected chi connectivity index (χ2v) is 4.26. The van der Waals surface area contributed by atoms with Crippen LogP contribution in [0.15, 0.2) is 29.0 Å². The summed E-state index contributed by atoms with van der Waals surface area (Å²) in [5, 5.41) is 4.10. The zero-order valence-electron chi connectivity index (χ0n) is 9.71. The highest BCUT2D eigenvalue weighted by Crippen LogP contribution is 2.33. The molecule has 3 heterocycles. The summed E-state index contributed by atoms with van der Waals surface area (Å²) in [5.41, 5.74) is 0.979. The third kappa shape index (κ3) is 1.88. The first kappa shape index (κ1) is 10.3. The molecule has 88 valence electrons. The summed E-state index contributed by atoms with van der Waals surface area (Å²) in [7, 11) is 0. The van der Waals surface area contributed by atoms with Crippen molar-refractivity contribution in [3.05, 3.63) is 36.0 Å². The summed E-state index contributed by atoms with van der Waals surface area (Å²) in [5.74, 6) is 1.62. The van der Waals surface area contributed by atoms with Crippen LogP contribution >= 0.6 is 0 Å². The fraction of sp³-hybridized carbons (Fsp3) is 0.417. The second-order valence-electron chi connectivity index (χ2n) is 4.26. The molecule has 0 saturated carbocycles. The van der Waals surface area contributed by atoms with E-state index >= 15 is 0 Å². The molecule has 2 aromatic heterocycles. The Bertz CT molecular complexity index is 496. The van der Waals surface area contributed by atoms with Crippen LogP contribution in [0.3, 0.4) is 0 Å². The van der Waals surface area contributed by atoms with Crippen molar-refractivity contribution in [1.82, 2.24) is 15.1 Å². The highest BCUT2D eigenvalue weighted by Gasteiger charge is 2.30. The van der Waals surface area contributed by atoms with Crippen LogP contribution in [0.1, 0.15) is 30.3 Å². The largest absolute Gasteiger partial charge is 0.361 e. The minimum absolute atomic E-state index is 0.245. The predicted octanol–water partition coefficient (Wildman–Crippen LogP) is 2.11. The number of hydrogen-bond donors (Lipinski definition) is 0. The van der Waals surface area contributed by atoms with Gasteiger partial charge in [0.25, 0.3) is 0 Å². The maximum Gasteiger partial charge on any atom is 0.225 e. The van der Waals surface area contributed by atoms with Crippen LogP contribution in [0.5, 0.6) is 0 Å². The molecule has 0 amide bonds. The molecule has 3 rings (SSSR count). The molecule has 1 fully saturated rings. The van der Waals surface area contributed by atoms with Gasteiger partial charge in [-0.25, -0.2) is 9.97 Å². The van der Waals surface area contributed by atoms with Gasteiger partial charge in [0.15, 0.2) is 0 Å². The van der Waals surface area contributed by atoms with Gasteiger partial charge in [-0.2, -0.15) is 0 Å². The average Bonchev–Trinajstić information content (AvgIpc) is 2.98. The minimum Gasteiger partial charge on any atom is -0.361 e. The Labute approximate surface area is 99.5 Å². The van der Waals surface area contributed by atoms with E-state index in [1.165, 1.54) is 0 Å². The number of aryl methyl sites for hydroxylation is 1. The topological polar surface area (TPSA) is 55.1 Å². The molecule has 0 bridgehead atoms. The summed E-state index contributed by atoms with van der Waals surface area (Å²) < 4.78 is 5.14. The minimum atomic E-state index is 0.245. The van der Waals surface area contributed by atoms with E-state index in [0.29, 0.717) is 0 Å². The first-order valence-electron chi connectivity index (χ1n) is 5.81. The first-order valence-corrected chi connectivity index (χ1v) is 5.81. The first-order chi connectivity index (χ1) is 8.34. The maximum atomic E-state index is 5.14. The fourth-order valence-electron chi connectivity index (χ4n) is 2.30. The van der Waals surface area contributed by atoms with E-state index < -0.39 is 0 Å². The molecule has 0 N–H and O–H groups in total. The number of anilines is 1. The van der Waals surface area contributed by atoms with Crippen molar-refractivity contribution in [2.45, 2.75) is 25.8 Å². The van der Waals surface area contributed by atoms with Crippen molar-refractivity contribution < 1.29 is 4.52 Å². The number of nitrogens with zero attached hydrogens (tertiary/aromatic N) is 4. The Hall–Kier alpha value is -1.91. The van der Waals surface area contributed by atoms with E-state index in [-0.39, 0.29) is 6.04 Å². The number of rotatable bonds is 2. The van der Waals surface area contributed by atoms with Crippen LogP contribution in [-0.4, -0.2) is 21.7 Å². The Morgan fingerprint density at radius 1 is 1.35 bits per heavy atom. The molecule has 2 aromatic rings. The van der Waals surface area contributed by atoms with Crippen LogP contribution in [0.2, 0.25) is 0 Å². The zero-order chi connectivity index (χ0) is 11.7. The summed E-state index contributed by atoms with van der Waals surface area (Å²) >= 11 is 0. The molecule has 17 heavy (non-hydrogen) atoms. The van der Waals surface area contributed by atoms with Crippen molar-refractivity contribution in [2.75, 3.05) is 11.4 Å². The quantitative estimate of drug-likeness (QED) is 0.790. The van der Waals surface area contributed by atoms with Crippen LogP contribution < -0.4 is 4.90 Å². The summed E-state index contributed by atoms with van der Waals surface area (Å²) in [6, 6.07) is 4.07. The highest BCUT2D eigenvalue weighted by atomic mass is 16.5. The van der Waals surface area contributed by atoms with Gasteiger partial charge in [0, 0.05) is 25.0 Å². The van der Waals surface area contributed by atoms with Gasteiger partial charge in [0.1, 0.15) is 11.5 Å². The lowest BCUT2D eigenvalue weighted by Gasteiger charge is -2.22. The Balaban J connectivity index is 1.90. The molecule has 1 unspecified atom stereocenters. The summed E-state index contributed by atoms with van der Waals surface area (Å²) in [6.45, 7) is 2.88. The Morgan fingerprint density at radius 3 is 2.88 bits per heavy atom. The molecule has 1 atom stereocenters. The van der Waals surface area contributed by atoms with Gasteiger partial charge in [-0.15, -0.1) is 0 Å². The van der Waals surface area contributed by atoms with Crippen LogP contribution in [0, 0.1) is 6.92 Å². The molecular formula is C12H14N4O. The highest BCUT2D eigenvalue weighted by molar-refractivity contribution is 5.35. The van der Waals surface area contributed by atoms with Crippen molar-refractivity contribution in [1.29, 1.82) is 0 Å². The molecule has 0 aliphatic carbocycles. The van der Waals surface area contributed by atoms with Crippen molar-refractivity contribution in [2.24, 2.45) is 0 Å². The Morgan fingerprint density at radius 2 is 2.18 bits per heavy atom. The average molecular weight is 230 g/mol. The normalized spacial score (nSPS) is 19.8. The lowest BCUT2D eigenvalue weighted by molar-refractivity contribution is 0.385. The van der Waals surface area contributed by atoms with E-state index in [2.05, 4.69) is 20.0 Å². The van der Waals surface area contributed by atoms with Crippen LogP contribution in [-0.2, 0) is 0 Å².